The highest BCUT2D eigenvalue weighted by Gasteiger charge is 2.23. The van der Waals surface area contributed by atoms with E-state index in [4.69, 9.17) is 4.74 Å². The van der Waals surface area contributed by atoms with E-state index >= 15 is 0 Å². The second-order valence-electron chi connectivity index (χ2n) is 4.40. The van der Waals surface area contributed by atoms with Crippen molar-refractivity contribution in [1.82, 2.24) is 9.97 Å². The van der Waals surface area contributed by atoms with Gasteiger partial charge in [-0.1, -0.05) is 0 Å². The van der Waals surface area contributed by atoms with Gasteiger partial charge in [-0.15, -0.1) is 0 Å². The van der Waals surface area contributed by atoms with E-state index in [0.717, 1.165) is 19.4 Å². The highest BCUT2D eigenvalue weighted by atomic mass is 19.1. The van der Waals surface area contributed by atoms with Crippen LogP contribution in [-0.4, -0.2) is 35.3 Å². The lowest BCUT2D eigenvalue weighted by Gasteiger charge is -2.20. The van der Waals surface area contributed by atoms with Crippen LogP contribution in [0.15, 0.2) is 6.20 Å². The molecule has 0 amide bonds. The topological polar surface area (TPSA) is 59.1 Å². The molecule has 1 aromatic rings. The fourth-order valence-corrected chi connectivity index (χ4v) is 2.02. The Morgan fingerprint density at radius 2 is 2.44 bits per heavy atom. The SMILES string of the molecule is CCNc1ncc(F)c(NC(C)C2CCCO2)n1. The molecule has 1 aliphatic rings. The maximum atomic E-state index is 13.6. The van der Waals surface area contributed by atoms with Crippen LogP contribution >= 0.6 is 0 Å². The summed E-state index contributed by atoms with van der Waals surface area (Å²) in [5, 5.41) is 6.02. The first-order chi connectivity index (χ1) is 8.70. The van der Waals surface area contributed by atoms with Crippen molar-refractivity contribution < 1.29 is 9.13 Å². The average Bonchev–Trinajstić information content (AvgIpc) is 2.87. The maximum Gasteiger partial charge on any atom is 0.224 e. The summed E-state index contributed by atoms with van der Waals surface area (Å²) in [5.74, 6) is 0.214. The van der Waals surface area contributed by atoms with Crippen LogP contribution in [0.3, 0.4) is 0 Å². The Labute approximate surface area is 106 Å². The monoisotopic (exact) mass is 254 g/mol. The van der Waals surface area contributed by atoms with Gasteiger partial charge >= 0.3 is 0 Å². The van der Waals surface area contributed by atoms with Gasteiger partial charge in [0.15, 0.2) is 11.6 Å². The lowest BCUT2D eigenvalue weighted by Crippen LogP contribution is -2.31. The minimum absolute atomic E-state index is 0.0337. The Hall–Kier alpha value is -1.43. The van der Waals surface area contributed by atoms with Gasteiger partial charge in [0, 0.05) is 13.2 Å². The molecule has 2 unspecified atom stereocenters. The molecule has 0 aromatic carbocycles. The molecule has 1 fully saturated rings. The fraction of sp³-hybridized carbons (Fsp3) is 0.667. The van der Waals surface area contributed by atoms with Crippen molar-refractivity contribution in [3.63, 3.8) is 0 Å². The molecular formula is C12H19FN4O. The van der Waals surface area contributed by atoms with Crippen LogP contribution in [-0.2, 0) is 4.74 Å². The highest BCUT2D eigenvalue weighted by molar-refractivity contribution is 5.41. The summed E-state index contributed by atoms with van der Waals surface area (Å²) >= 11 is 0. The van der Waals surface area contributed by atoms with Gasteiger partial charge in [0.25, 0.3) is 0 Å². The van der Waals surface area contributed by atoms with Crippen LogP contribution in [0.5, 0.6) is 0 Å². The van der Waals surface area contributed by atoms with Crippen molar-refractivity contribution in [2.24, 2.45) is 0 Å². The van der Waals surface area contributed by atoms with Crippen LogP contribution < -0.4 is 10.6 Å². The molecule has 6 heteroatoms. The number of aromatic nitrogens is 2. The molecule has 2 rings (SSSR count). The zero-order valence-corrected chi connectivity index (χ0v) is 10.7. The largest absolute Gasteiger partial charge is 0.376 e. The standard InChI is InChI=1S/C12H19FN4O/c1-3-14-12-15-7-9(13)11(17-12)16-8(2)10-5-4-6-18-10/h7-8,10H,3-6H2,1-2H3,(H2,14,15,16,17). The third kappa shape index (κ3) is 3.07. The zero-order valence-electron chi connectivity index (χ0n) is 10.7. The Morgan fingerprint density at radius 3 is 3.11 bits per heavy atom. The number of anilines is 2. The molecule has 0 saturated carbocycles. The van der Waals surface area contributed by atoms with Crippen molar-refractivity contribution in [1.29, 1.82) is 0 Å². The first kappa shape index (κ1) is 13.0. The Balaban J connectivity index is 2.04. The molecule has 0 bridgehead atoms. The summed E-state index contributed by atoms with van der Waals surface area (Å²) in [6.45, 7) is 5.40. The van der Waals surface area contributed by atoms with Crippen molar-refractivity contribution in [2.75, 3.05) is 23.8 Å². The minimum atomic E-state index is -0.443. The molecule has 18 heavy (non-hydrogen) atoms. The number of nitrogens with one attached hydrogen (secondary N) is 2. The fourth-order valence-electron chi connectivity index (χ4n) is 2.02. The number of hydrogen-bond donors (Lipinski definition) is 2. The Kier molecular flexibility index (Phi) is 4.30. The molecule has 1 aliphatic heterocycles. The third-order valence-corrected chi connectivity index (χ3v) is 2.97. The molecule has 1 aromatic heterocycles. The Morgan fingerprint density at radius 1 is 1.61 bits per heavy atom. The van der Waals surface area contributed by atoms with Gasteiger partial charge in [0.1, 0.15) is 0 Å². The molecule has 0 spiro atoms. The van der Waals surface area contributed by atoms with E-state index in [2.05, 4.69) is 20.6 Å². The predicted octanol–water partition coefficient (Wildman–Crippen LogP) is 2.03. The summed E-state index contributed by atoms with van der Waals surface area (Å²) in [6, 6.07) is 0.0337. The lowest BCUT2D eigenvalue weighted by atomic mass is 10.1. The molecule has 0 aliphatic carbocycles. The summed E-state index contributed by atoms with van der Waals surface area (Å²) in [4.78, 5) is 7.97. The molecule has 2 atom stereocenters. The van der Waals surface area contributed by atoms with Gasteiger partial charge in [0.05, 0.1) is 18.3 Å². The smallest absolute Gasteiger partial charge is 0.224 e. The van der Waals surface area contributed by atoms with Gasteiger partial charge in [0.2, 0.25) is 5.95 Å². The number of rotatable bonds is 5. The second kappa shape index (κ2) is 5.95. The molecule has 100 valence electrons. The van der Waals surface area contributed by atoms with Crippen molar-refractivity contribution in [2.45, 2.75) is 38.8 Å². The van der Waals surface area contributed by atoms with E-state index in [0.29, 0.717) is 12.5 Å². The van der Waals surface area contributed by atoms with Crippen molar-refractivity contribution >= 4 is 11.8 Å². The molecule has 2 N–H and O–H groups in total. The first-order valence-corrected chi connectivity index (χ1v) is 6.35. The molecule has 5 nitrogen and oxygen atoms in total. The van der Waals surface area contributed by atoms with Gasteiger partial charge in [-0.05, 0) is 26.7 Å². The summed E-state index contributed by atoms with van der Waals surface area (Å²) in [6.07, 6.45) is 3.36. The maximum absolute atomic E-state index is 13.6. The predicted molar refractivity (Wildman–Crippen MR) is 68.2 cm³/mol. The van der Waals surface area contributed by atoms with E-state index in [-0.39, 0.29) is 18.0 Å². The van der Waals surface area contributed by atoms with Crippen molar-refractivity contribution in [3.8, 4) is 0 Å². The number of halogens is 1. The summed E-state index contributed by atoms with van der Waals surface area (Å²) < 4.78 is 19.2. The molecular weight excluding hydrogens is 235 g/mol. The lowest BCUT2D eigenvalue weighted by molar-refractivity contribution is 0.0995. The minimum Gasteiger partial charge on any atom is -0.376 e. The number of hydrogen-bond acceptors (Lipinski definition) is 5. The summed E-state index contributed by atoms with van der Waals surface area (Å²) in [7, 11) is 0. The zero-order chi connectivity index (χ0) is 13.0. The first-order valence-electron chi connectivity index (χ1n) is 6.35. The van der Waals surface area contributed by atoms with E-state index in [1.165, 1.54) is 6.20 Å². The van der Waals surface area contributed by atoms with E-state index in [1.54, 1.807) is 0 Å². The number of ether oxygens (including phenoxy) is 1. The van der Waals surface area contributed by atoms with Crippen LogP contribution in [0.25, 0.3) is 0 Å². The van der Waals surface area contributed by atoms with Gasteiger partial charge in [-0.2, -0.15) is 4.98 Å². The van der Waals surface area contributed by atoms with Crippen LogP contribution in [0.4, 0.5) is 16.2 Å². The van der Waals surface area contributed by atoms with Crippen LogP contribution in [0, 0.1) is 5.82 Å². The van der Waals surface area contributed by atoms with E-state index < -0.39 is 5.82 Å². The highest BCUT2D eigenvalue weighted by Crippen LogP contribution is 2.20. The van der Waals surface area contributed by atoms with Gasteiger partial charge < -0.3 is 15.4 Å². The van der Waals surface area contributed by atoms with Gasteiger partial charge in [-0.3, -0.25) is 0 Å². The normalized spacial score (nSPS) is 20.7. The quantitative estimate of drug-likeness (QED) is 0.842. The van der Waals surface area contributed by atoms with Crippen molar-refractivity contribution in [3.05, 3.63) is 12.0 Å². The Bertz CT molecular complexity index is 396. The molecule has 1 saturated heterocycles. The molecule has 2 heterocycles. The molecule has 0 radical (unpaired) electrons. The van der Waals surface area contributed by atoms with Crippen LogP contribution in [0.1, 0.15) is 26.7 Å². The van der Waals surface area contributed by atoms with E-state index in [9.17, 15) is 4.39 Å². The van der Waals surface area contributed by atoms with Crippen LogP contribution in [0.2, 0.25) is 0 Å². The van der Waals surface area contributed by atoms with Gasteiger partial charge in [-0.25, -0.2) is 9.37 Å². The summed E-state index contributed by atoms with van der Waals surface area (Å²) in [5.41, 5.74) is 0. The average molecular weight is 254 g/mol. The van der Waals surface area contributed by atoms with E-state index in [1.807, 2.05) is 13.8 Å². The third-order valence-electron chi connectivity index (χ3n) is 2.97. The second-order valence-corrected chi connectivity index (χ2v) is 4.40. The number of nitrogens with zero attached hydrogens (tertiary/aromatic N) is 2.